The molecule has 0 aliphatic rings. The highest BCUT2D eigenvalue weighted by Gasteiger charge is 1.96. The summed E-state index contributed by atoms with van der Waals surface area (Å²) in [5, 5.41) is 4.09. The molecule has 2 aromatic rings. The van der Waals surface area contributed by atoms with Crippen molar-refractivity contribution in [3.05, 3.63) is 65.5 Å². The highest BCUT2D eigenvalue weighted by molar-refractivity contribution is 5.33. The van der Waals surface area contributed by atoms with Gasteiger partial charge in [-0.3, -0.25) is 0 Å². The maximum Gasteiger partial charge on any atom is 0.127 e. The van der Waals surface area contributed by atoms with E-state index in [4.69, 9.17) is 4.74 Å². The first kappa shape index (κ1) is 11.7. The molecular formula is C15H16NO-. The van der Waals surface area contributed by atoms with Gasteiger partial charge in [-0.2, -0.15) is 7.05 Å². The van der Waals surface area contributed by atoms with E-state index in [1.807, 2.05) is 49.5 Å². The third-order valence-electron chi connectivity index (χ3n) is 2.53. The fraction of sp³-hybridized carbons (Fsp3) is 0.200. The molecule has 0 bridgehead atoms. The summed E-state index contributed by atoms with van der Waals surface area (Å²) in [5.74, 6) is 1.73. The van der Waals surface area contributed by atoms with Crippen molar-refractivity contribution in [3.8, 4) is 11.5 Å². The second-order valence-corrected chi connectivity index (χ2v) is 3.85. The zero-order chi connectivity index (χ0) is 11.9. The molecule has 2 aromatic carbocycles. The number of benzene rings is 2. The van der Waals surface area contributed by atoms with Crippen molar-refractivity contribution in [1.82, 2.24) is 0 Å². The van der Waals surface area contributed by atoms with Crippen LogP contribution < -0.4 is 4.74 Å². The fourth-order valence-corrected chi connectivity index (χ4v) is 1.59. The summed E-state index contributed by atoms with van der Waals surface area (Å²) in [7, 11) is 1.84. The first-order valence-corrected chi connectivity index (χ1v) is 5.76. The lowest BCUT2D eigenvalue weighted by molar-refractivity contribution is 0.482. The summed E-state index contributed by atoms with van der Waals surface area (Å²) in [6, 6.07) is 18.0. The average Bonchev–Trinajstić information content (AvgIpc) is 2.39. The molecule has 0 aliphatic heterocycles. The van der Waals surface area contributed by atoms with E-state index in [1.165, 1.54) is 5.56 Å². The van der Waals surface area contributed by atoms with Gasteiger partial charge in [0.1, 0.15) is 11.5 Å². The van der Waals surface area contributed by atoms with Gasteiger partial charge in [0.05, 0.1) is 0 Å². The summed E-state index contributed by atoms with van der Waals surface area (Å²) >= 11 is 0. The SMILES string of the molecule is C[N-]CCc1ccc(Oc2ccccc2)cc1. The van der Waals surface area contributed by atoms with Crippen molar-refractivity contribution in [1.29, 1.82) is 0 Å². The second kappa shape index (κ2) is 6.06. The third-order valence-corrected chi connectivity index (χ3v) is 2.53. The average molecular weight is 226 g/mol. The lowest BCUT2D eigenvalue weighted by Gasteiger charge is -2.11. The third kappa shape index (κ3) is 3.61. The van der Waals surface area contributed by atoms with Gasteiger partial charge in [0.2, 0.25) is 0 Å². The van der Waals surface area contributed by atoms with Gasteiger partial charge in [0.15, 0.2) is 0 Å². The molecular weight excluding hydrogens is 210 g/mol. The van der Waals surface area contributed by atoms with Crippen LogP contribution in [-0.2, 0) is 6.42 Å². The van der Waals surface area contributed by atoms with Crippen molar-refractivity contribution in [2.45, 2.75) is 6.42 Å². The largest absolute Gasteiger partial charge is 0.665 e. The van der Waals surface area contributed by atoms with Crippen LogP contribution in [0, 0.1) is 0 Å². The number of hydrogen-bond acceptors (Lipinski definition) is 1. The summed E-state index contributed by atoms with van der Waals surface area (Å²) < 4.78 is 5.71. The van der Waals surface area contributed by atoms with E-state index in [2.05, 4.69) is 17.4 Å². The van der Waals surface area contributed by atoms with Gasteiger partial charge >= 0.3 is 0 Å². The van der Waals surface area contributed by atoms with Gasteiger partial charge in [0, 0.05) is 0 Å². The molecule has 0 atom stereocenters. The maximum absolute atomic E-state index is 5.71. The predicted octanol–water partition coefficient (Wildman–Crippen LogP) is 4.02. The predicted molar refractivity (Wildman–Crippen MR) is 70.8 cm³/mol. The van der Waals surface area contributed by atoms with Crippen LogP contribution in [0.25, 0.3) is 5.32 Å². The quantitative estimate of drug-likeness (QED) is 0.755. The highest BCUT2D eigenvalue weighted by atomic mass is 16.5. The Morgan fingerprint density at radius 1 is 0.882 bits per heavy atom. The van der Waals surface area contributed by atoms with E-state index < -0.39 is 0 Å². The number of hydrogen-bond donors (Lipinski definition) is 0. The minimum absolute atomic E-state index is 0.865. The summed E-state index contributed by atoms with van der Waals surface area (Å²) in [5.41, 5.74) is 1.29. The molecule has 0 aliphatic carbocycles. The molecule has 0 fully saturated rings. The molecule has 17 heavy (non-hydrogen) atoms. The number of ether oxygens (including phenoxy) is 1. The second-order valence-electron chi connectivity index (χ2n) is 3.85. The van der Waals surface area contributed by atoms with Crippen LogP contribution in [0.2, 0.25) is 0 Å². The van der Waals surface area contributed by atoms with E-state index >= 15 is 0 Å². The van der Waals surface area contributed by atoms with Gasteiger partial charge in [-0.1, -0.05) is 30.3 Å². The molecule has 2 rings (SSSR count). The van der Waals surface area contributed by atoms with Crippen LogP contribution in [0.15, 0.2) is 54.6 Å². The summed E-state index contributed by atoms with van der Waals surface area (Å²) in [6.07, 6.45) is 0.988. The molecule has 0 radical (unpaired) electrons. The van der Waals surface area contributed by atoms with Crippen LogP contribution in [-0.4, -0.2) is 13.6 Å². The van der Waals surface area contributed by atoms with E-state index in [0.717, 1.165) is 24.5 Å². The van der Waals surface area contributed by atoms with E-state index in [0.29, 0.717) is 0 Å². The summed E-state index contributed by atoms with van der Waals surface area (Å²) in [4.78, 5) is 0. The Labute approximate surface area is 102 Å². The van der Waals surface area contributed by atoms with Crippen molar-refractivity contribution in [3.63, 3.8) is 0 Å². The van der Waals surface area contributed by atoms with Gasteiger partial charge < -0.3 is 10.1 Å². The van der Waals surface area contributed by atoms with Gasteiger partial charge in [-0.05, 0) is 36.2 Å². The fourth-order valence-electron chi connectivity index (χ4n) is 1.59. The smallest absolute Gasteiger partial charge is 0.127 e. The molecule has 88 valence electrons. The van der Waals surface area contributed by atoms with Gasteiger partial charge in [-0.25, -0.2) is 0 Å². The topological polar surface area (TPSA) is 23.3 Å². The standard InChI is InChI=1S/C15H16NO/c1-16-12-11-13-7-9-15(10-8-13)17-14-5-3-2-4-6-14/h2-10H,11-12H2,1H3/q-1. The van der Waals surface area contributed by atoms with Gasteiger partial charge in [-0.15, -0.1) is 6.54 Å². The molecule has 0 unspecified atom stereocenters. The van der Waals surface area contributed by atoms with E-state index in [-0.39, 0.29) is 0 Å². The summed E-state index contributed by atoms with van der Waals surface area (Å²) in [6.45, 7) is 0.874. The Bertz CT molecular complexity index is 436. The highest BCUT2D eigenvalue weighted by Crippen LogP contribution is 2.21. The number of para-hydroxylation sites is 1. The van der Waals surface area contributed by atoms with Crippen molar-refractivity contribution < 1.29 is 4.74 Å². The van der Waals surface area contributed by atoms with Crippen LogP contribution in [0.3, 0.4) is 0 Å². The monoisotopic (exact) mass is 226 g/mol. The zero-order valence-electron chi connectivity index (χ0n) is 9.97. The molecule has 0 amide bonds. The minimum Gasteiger partial charge on any atom is -0.665 e. The van der Waals surface area contributed by atoms with Crippen LogP contribution in [0.5, 0.6) is 11.5 Å². The van der Waals surface area contributed by atoms with Crippen molar-refractivity contribution >= 4 is 0 Å². The number of likely N-dealkylation sites (N-methyl/N-ethyl adjacent to an activating group) is 1. The number of rotatable bonds is 5. The molecule has 0 aromatic heterocycles. The molecule has 0 spiro atoms. The number of nitrogens with zero attached hydrogens (tertiary/aromatic N) is 1. The van der Waals surface area contributed by atoms with Crippen molar-refractivity contribution in [2.24, 2.45) is 0 Å². The Kier molecular flexibility index (Phi) is 4.17. The minimum atomic E-state index is 0.865. The molecule has 2 nitrogen and oxygen atoms in total. The van der Waals surface area contributed by atoms with E-state index in [1.54, 1.807) is 0 Å². The lowest BCUT2D eigenvalue weighted by Crippen LogP contribution is -1.90. The Balaban J connectivity index is 1.98. The van der Waals surface area contributed by atoms with Crippen LogP contribution in [0.1, 0.15) is 5.56 Å². The van der Waals surface area contributed by atoms with Gasteiger partial charge in [0.25, 0.3) is 0 Å². The Hall–Kier alpha value is -1.80. The molecule has 0 heterocycles. The Morgan fingerprint density at radius 2 is 1.53 bits per heavy atom. The van der Waals surface area contributed by atoms with Crippen LogP contribution in [0.4, 0.5) is 0 Å². The zero-order valence-corrected chi connectivity index (χ0v) is 9.97. The molecule has 0 saturated heterocycles. The first-order valence-electron chi connectivity index (χ1n) is 5.76. The molecule has 0 N–H and O–H groups in total. The Morgan fingerprint density at radius 3 is 2.18 bits per heavy atom. The molecule has 2 heteroatoms. The maximum atomic E-state index is 5.71. The lowest BCUT2D eigenvalue weighted by atomic mass is 10.1. The van der Waals surface area contributed by atoms with Crippen LogP contribution >= 0.6 is 0 Å². The first-order chi connectivity index (χ1) is 8.38. The normalized spacial score (nSPS) is 10.2. The van der Waals surface area contributed by atoms with Crippen molar-refractivity contribution in [2.75, 3.05) is 13.6 Å². The van der Waals surface area contributed by atoms with E-state index in [9.17, 15) is 0 Å². The molecule has 0 saturated carbocycles.